The predicted molar refractivity (Wildman–Crippen MR) is 91.8 cm³/mol. The molecule has 0 N–H and O–H groups in total. The summed E-state index contributed by atoms with van der Waals surface area (Å²) in [5.74, 6) is 1.48. The Morgan fingerprint density at radius 1 is 1.32 bits per heavy atom. The second-order valence-electron chi connectivity index (χ2n) is 6.75. The highest BCUT2D eigenvalue weighted by molar-refractivity contribution is 5.97. The van der Waals surface area contributed by atoms with Gasteiger partial charge in [-0.05, 0) is 38.5 Å². The first-order valence-corrected chi connectivity index (χ1v) is 8.20. The van der Waals surface area contributed by atoms with Gasteiger partial charge in [0, 0.05) is 20.1 Å². The Hall–Kier alpha value is -2.41. The summed E-state index contributed by atoms with van der Waals surface area (Å²) in [6, 6.07) is 5.78. The van der Waals surface area contributed by atoms with E-state index in [0.717, 1.165) is 11.3 Å². The van der Waals surface area contributed by atoms with Crippen molar-refractivity contribution in [1.29, 1.82) is 0 Å². The smallest absolute Gasteiger partial charge is 0.232 e. The van der Waals surface area contributed by atoms with E-state index in [-0.39, 0.29) is 11.8 Å². The Morgan fingerprint density at radius 3 is 2.76 bits per heavy atom. The highest BCUT2D eigenvalue weighted by Crippen LogP contribution is 2.37. The number of carbonyl (C=O) groups is 1. The van der Waals surface area contributed by atoms with E-state index in [1.165, 1.54) is 0 Å². The van der Waals surface area contributed by atoms with Gasteiger partial charge in [0.25, 0.3) is 0 Å². The Labute approximate surface area is 146 Å². The minimum Gasteiger partial charge on any atom is -0.495 e. The number of benzene rings is 1. The Kier molecular flexibility index (Phi) is 4.51. The molecule has 1 aromatic carbocycles. The van der Waals surface area contributed by atoms with E-state index in [1.54, 1.807) is 19.1 Å². The van der Waals surface area contributed by atoms with Crippen LogP contribution in [0.1, 0.15) is 43.5 Å². The summed E-state index contributed by atoms with van der Waals surface area (Å²) in [6.45, 7) is 6.20. The van der Waals surface area contributed by atoms with Crippen molar-refractivity contribution in [1.82, 2.24) is 10.1 Å². The van der Waals surface area contributed by atoms with Crippen LogP contribution in [0.25, 0.3) is 0 Å². The number of methoxy groups -OCH3 is 2. The zero-order valence-corrected chi connectivity index (χ0v) is 15.2. The molecule has 0 spiro atoms. The molecule has 25 heavy (non-hydrogen) atoms. The van der Waals surface area contributed by atoms with Crippen molar-refractivity contribution in [3.8, 4) is 5.75 Å². The van der Waals surface area contributed by atoms with E-state index in [1.807, 2.05) is 39.0 Å². The van der Waals surface area contributed by atoms with Gasteiger partial charge < -0.3 is 18.9 Å². The second kappa shape index (κ2) is 6.48. The largest absolute Gasteiger partial charge is 0.495 e. The first-order chi connectivity index (χ1) is 11.9. The molecule has 7 heteroatoms. The van der Waals surface area contributed by atoms with Gasteiger partial charge in [-0.2, -0.15) is 4.98 Å². The normalized spacial score (nSPS) is 18.0. The number of ether oxygens (including phenoxy) is 2. The molecular formula is C18H23N3O4. The van der Waals surface area contributed by atoms with Gasteiger partial charge in [0.2, 0.25) is 17.6 Å². The molecule has 1 saturated heterocycles. The molecule has 0 aliphatic carbocycles. The van der Waals surface area contributed by atoms with Gasteiger partial charge in [-0.3, -0.25) is 4.79 Å². The maximum absolute atomic E-state index is 12.6. The average molecular weight is 345 g/mol. The number of hydrogen-bond donors (Lipinski definition) is 0. The van der Waals surface area contributed by atoms with Gasteiger partial charge in [0.05, 0.1) is 18.7 Å². The summed E-state index contributed by atoms with van der Waals surface area (Å²) in [6.07, 6.45) is 0.326. The topological polar surface area (TPSA) is 77.7 Å². The van der Waals surface area contributed by atoms with Crippen molar-refractivity contribution in [3.63, 3.8) is 0 Å². The fraction of sp³-hybridized carbons (Fsp3) is 0.500. The van der Waals surface area contributed by atoms with Crippen LogP contribution in [0.2, 0.25) is 0 Å². The molecule has 2 heterocycles. The van der Waals surface area contributed by atoms with Crippen molar-refractivity contribution in [2.24, 2.45) is 0 Å². The van der Waals surface area contributed by atoms with Crippen LogP contribution in [-0.4, -0.2) is 36.8 Å². The van der Waals surface area contributed by atoms with Crippen LogP contribution in [0.4, 0.5) is 5.69 Å². The molecule has 0 saturated carbocycles. The van der Waals surface area contributed by atoms with E-state index in [2.05, 4.69) is 10.1 Å². The van der Waals surface area contributed by atoms with Crippen LogP contribution in [0, 0.1) is 6.92 Å². The van der Waals surface area contributed by atoms with Crippen LogP contribution in [0.5, 0.6) is 5.75 Å². The Bertz CT molecular complexity index is 784. The fourth-order valence-electron chi connectivity index (χ4n) is 2.85. The highest BCUT2D eigenvalue weighted by atomic mass is 16.5. The molecule has 2 aromatic rings. The predicted octanol–water partition coefficient (Wildman–Crippen LogP) is 2.79. The van der Waals surface area contributed by atoms with E-state index >= 15 is 0 Å². The highest BCUT2D eigenvalue weighted by Gasteiger charge is 2.37. The zero-order chi connectivity index (χ0) is 18.2. The molecule has 7 nitrogen and oxygen atoms in total. The number of nitrogens with zero attached hydrogens (tertiary/aromatic N) is 3. The number of hydrogen-bond acceptors (Lipinski definition) is 6. The van der Waals surface area contributed by atoms with Gasteiger partial charge in [-0.15, -0.1) is 0 Å². The molecule has 1 aromatic heterocycles. The van der Waals surface area contributed by atoms with E-state index < -0.39 is 5.60 Å². The van der Waals surface area contributed by atoms with Gasteiger partial charge in [-0.1, -0.05) is 11.2 Å². The first-order valence-electron chi connectivity index (χ1n) is 8.20. The third kappa shape index (κ3) is 3.24. The zero-order valence-electron chi connectivity index (χ0n) is 15.2. The molecule has 1 aliphatic rings. The lowest BCUT2D eigenvalue weighted by atomic mass is 10.1. The molecule has 1 unspecified atom stereocenters. The summed E-state index contributed by atoms with van der Waals surface area (Å²) in [5, 5.41) is 4.01. The molecule has 1 atom stereocenters. The van der Waals surface area contributed by atoms with Crippen LogP contribution in [-0.2, 0) is 15.1 Å². The molecular weight excluding hydrogens is 322 g/mol. The first kappa shape index (κ1) is 17.4. The second-order valence-corrected chi connectivity index (χ2v) is 6.75. The molecule has 1 aliphatic heterocycles. The maximum Gasteiger partial charge on any atom is 0.232 e. The van der Waals surface area contributed by atoms with Crippen LogP contribution >= 0.6 is 0 Å². The summed E-state index contributed by atoms with van der Waals surface area (Å²) in [5.41, 5.74) is 1.20. The number of rotatable bonds is 5. The number of aryl methyl sites for hydroxylation is 1. The summed E-state index contributed by atoms with van der Waals surface area (Å²) >= 11 is 0. The third-order valence-electron chi connectivity index (χ3n) is 4.59. The molecule has 0 bridgehead atoms. The molecule has 3 rings (SSSR count). The van der Waals surface area contributed by atoms with Gasteiger partial charge in [0.15, 0.2) is 0 Å². The average Bonchev–Trinajstić information content (AvgIpc) is 3.22. The molecule has 134 valence electrons. The fourth-order valence-corrected chi connectivity index (χ4v) is 2.85. The van der Waals surface area contributed by atoms with Crippen LogP contribution < -0.4 is 9.64 Å². The van der Waals surface area contributed by atoms with Crippen LogP contribution in [0.3, 0.4) is 0 Å². The van der Waals surface area contributed by atoms with Crippen molar-refractivity contribution in [2.75, 3.05) is 25.7 Å². The van der Waals surface area contributed by atoms with E-state index in [9.17, 15) is 4.79 Å². The standard InChI is InChI=1S/C18H23N3O4/c1-11-6-7-14(23-4)13(8-11)21-10-12(9-15(21)22)16-19-17(20-25-16)18(2,3)24-5/h6-8,12H,9-10H2,1-5H3. The lowest BCUT2D eigenvalue weighted by Gasteiger charge is -2.19. The Balaban J connectivity index is 1.85. The SMILES string of the molecule is COc1ccc(C)cc1N1CC(c2nc(C(C)(C)OC)no2)CC1=O. The van der Waals surface area contributed by atoms with Crippen molar-refractivity contribution in [2.45, 2.75) is 38.7 Å². The lowest BCUT2D eigenvalue weighted by Crippen LogP contribution is -2.25. The van der Waals surface area contributed by atoms with Gasteiger partial charge in [-0.25, -0.2) is 0 Å². The summed E-state index contributed by atoms with van der Waals surface area (Å²) < 4.78 is 16.2. The maximum atomic E-state index is 12.6. The van der Waals surface area contributed by atoms with Gasteiger partial charge in [0.1, 0.15) is 11.4 Å². The monoisotopic (exact) mass is 345 g/mol. The summed E-state index contributed by atoms with van der Waals surface area (Å²) in [7, 11) is 3.20. The minimum atomic E-state index is -0.635. The Morgan fingerprint density at radius 2 is 2.08 bits per heavy atom. The molecule has 1 amide bonds. The van der Waals surface area contributed by atoms with Crippen molar-refractivity contribution >= 4 is 11.6 Å². The van der Waals surface area contributed by atoms with Crippen molar-refractivity contribution in [3.05, 3.63) is 35.5 Å². The number of carbonyl (C=O) groups excluding carboxylic acids is 1. The summed E-state index contributed by atoms with van der Waals surface area (Å²) in [4.78, 5) is 18.7. The lowest BCUT2D eigenvalue weighted by molar-refractivity contribution is -0.117. The van der Waals surface area contributed by atoms with Gasteiger partial charge >= 0.3 is 0 Å². The van der Waals surface area contributed by atoms with E-state index in [0.29, 0.717) is 30.4 Å². The number of amides is 1. The van der Waals surface area contributed by atoms with Crippen LogP contribution in [0.15, 0.2) is 22.7 Å². The van der Waals surface area contributed by atoms with Crippen molar-refractivity contribution < 1.29 is 18.8 Å². The van der Waals surface area contributed by atoms with E-state index in [4.69, 9.17) is 14.0 Å². The third-order valence-corrected chi connectivity index (χ3v) is 4.59. The quantitative estimate of drug-likeness (QED) is 0.829. The number of anilines is 1. The molecule has 1 fully saturated rings. The number of aromatic nitrogens is 2. The molecule has 0 radical (unpaired) electrons. The minimum absolute atomic E-state index is 0.0136.